The second-order valence-corrected chi connectivity index (χ2v) is 24.1. The summed E-state index contributed by atoms with van der Waals surface area (Å²) in [5.74, 6) is 5.45. The van der Waals surface area contributed by atoms with Gasteiger partial charge >= 0.3 is 12.2 Å². The molecule has 4 fully saturated rings. The van der Waals surface area contributed by atoms with E-state index < -0.39 is 5.60 Å². The fourth-order valence-corrected chi connectivity index (χ4v) is 11.2. The molecule has 10 heterocycles. The number of hydrogen-bond acceptors (Lipinski definition) is 16. The number of fused-ring (bicyclic) bond motifs is 2. The molecule has 20 nitrogen and oxygen atoms in total. The molecule has 6 aromatic heterocycles. The summed E-state index contributed by atoms with van der Waals surface area (Å²) in [6.45, 7) is 31.4. The highest BCUT2D eigenvalue weighted by atomic mass is 35.5. The summed E-state index contributed by atoms with van der Waals surface area (Å²) in [4.78, 5) is 65.8. The SMILES string of the molecule is C.C.CC(C)(C)OC(=O)N1CCC2(CCNCC2)CC1.Cc1nc2cnc(Nc3ccnc(Cl)n3)cc2n1C(C)C.Cc1nc2cnc(Nc3ccnc(N4CCC5(CCN(C(=O)OC(C)(C)C)CC5)CC4)n3)cc2n1C(C)C. The molecule has 0 radical (unpaired) electrons. The Bertz CT molecular complexity index is 2970. The highest BCUT2D eigenvalue weighted by Crippen LogP contribution is 2.43. The van der Waals surface area contributed by atoms with Crippen molar-refractivity contribution in [2.24, 2.45) is 10.8 Å². The lowest BCUT2D eigenvalue weighted by molar-refractivity contribution is 0.00504. The van der Waals surface area contributed by atoms with E-state index >= 15 is 0 Å². The Morgan fingerprint density at radius 1 is 0.582 bits per heavy atom. The van der Waals surface area contributed by atoms with E-state index in [1.165, 1.54) is 12.8 Å². The number of ether oxygens (including phenoxy) is 2. The first kappa shape index (κ1) is 61.8. The van der Waals surface area contributed by atoms with Gasteiger partial charge in [-0.25, -0.2) is 44.5 Å². The molecule has 10 rings (SSSR count). The molecule has 4 aliphatic rings. The van der Waals surface area contributed by atoms with Crippen LogP contribution in [0.25, 0.3) is 22.1 Å². The molecule has 6 aromatic rings. The number of imidazole rings is 2. The molecular weight excluding hydrogens is 1020 g/mol. The van der Waals surface area contributed by atoms with Crippen molar-refractivity contribution in [3.8, 4) is 0 Å². The highest BCUT2D eigenvalue weighted by Gasteiger charge is 2.40. The molecule has 4 saturated heterocycles. The maximum absolute atomic E-state index is 12.5. The van der Waals surface area contributed by atoms with E-state index in [0.717, 1.165) is 142 Å². The molecule has 0 saturated carbocycles. The van der Waals surface area contributed by atoms with Crippen molar-refractivity contribution in [2.45, 2.75) is 173 Å². The number of hydrogen-bond donors (Lipinski definition) is 3. The van der Waals surface area contributed by atoms with Crippen LogP contribution in [0.4, 0.5) is 38.8 Å². The fraction of sp³-hybridized carbons (Fsp3) is 0.621. The van der Waals surface area contributed by atoms with Crippen molar-refractivity contribution in [3.63, 3.8) is 0 Å². The number of carbonyl (C=O) groups is 2. The molecule has 4 aliphatic heterocycles. The quantitative estimate of drug-likeness (QED) is 0.127. The first-order valence-electron chi connectivity index (χ1n) is 27.4. The summed E-state index contributed by atoms with van der Waals surface area (Å²) in [6.07, 6.45) is 15.6. The van der Waals surface area contributed by atoms with E-state index in [1.807, 2.05) is 89.6 Å². The average Bonchev–Trinajstić information content (AvgIpc) is 3.95. The van der Waals surface area contributed by atoms with Crippen LogP contribution in [0.3, 0.4) is 0 Å². The molecule has 2 amide bonds. The third kappa shape index (κ3) is 15.9. The first-order valence-corrected chi connectivity index (χ1v) is 27.8. The van der Waals surface area contributed by atoms with Crippen LogP contribution < -0.4 is 20.9 Å². The molecule has 3 N–H and O–H groups in total. The molecule has 0 aromatic carbocycles. The number of nitrogens with zero attached hydrogens (tertiary/aromatic N) is 13. The number of halogens is 1. The van der Waals surface area contributed by atoms with Gasteiger partial charge in [0.05, 0.1) is 23.4 Å². The number of aromatic nitrogens is 10. The minimum Gasteiger partial charge on any atom is -0.444 e. The van der Waals surface area contributed by atoms with E-state index in [0.29, 0.717) is 29.1 Å². The Kier molecular flexibility index (Phi) is 20.2. The summed E-state index contributed by atoms with van der Waals surface area (Å²) in [5, 5.41) is 10.1. The normalized spacial score (nSPS) is 17.1. The van der Waals surface area contributed by atoms with Crippen LogP contribution in [0.2, 0.25) is 5.28 Å². The number of amides is 2. The smallest absolute Gasteiger partial charge is 0.410 e. The number of piperidine rings is 4. The predicted molar refractivity (Wildman–Crippen MR) is 317 cm³/mol. The van der Waals surface area contributed by atoms with Crippen LogP contribution in [0.5, 0.6) is 0 Å². The topological polar surface area (TPSA) is 211 Å². The molecule has 0 unspecified atom stereocenters. The van der Waals surface area contributed by atoms with Crippen LogP contribution in [0.1, 0.15) is 159 Å². The molecule has 432 valence electrons. The minimum atomic E-state index is -0.459. The molecule has 2 spiro atoms. The van der Waals surface area contributed by atoms with Crippen LogP contribution in [0, 0.1) is 24.7 Å². The van der Waals surface area contributed by atoms with Crippen LogP contribution in [0.15, 0.2) is 49.1 Å². The van der Waals surface area contributed by atoms with Crippen LogP contribution >= 0.6 is 11.6 Å². The predicted octanol–water partition coefficient (Wildman–Crippen LogP) is 12.6. The van der Waals surface area contributed by atoms with E-state index in [9.17, 15) is 9.59 Å². The molecule has 21 heteroatoms. The zero-order chi connectivity index (χ0) is 55.3. The van der Waals surface area contributed by atoms with E-state index in [2.05, 4.69) is 92.6 Å². The number of aryl methyl sites for hydroxylation is 2. The Balaban J connectivity index is 0.000000208. The summed E-state index contributed by atoms with van der Waals surface area (Å²) in [5.41, 5.74) is 3.80. The van der Waals surface area contributed by atoms with Gasteiger partial charge in [-0.05, 0) is 182 Å². The van der Waals surface area contributed by atoms with Gasteiger partial charge < -0.3 is 49.3 Å². The van der Waals surface area contributed by atoms with Crippen molar-refractivity contribution in [1.82, 2.24) is 64.1 Å². The van der Waals surface area contributed by atoms with Crippen molar-refractivity contribution >= 4 is 75.1 Å². The molecule has 0 atom stereocenters. The van der Waals surface area contributed by atoms with Crippen molar-refractivity contribution < 1.29 is 19.1 Å². The molecular formula is C58H89ClN16O4. The maximum Gasteiger partial charge on any atom is 0.410 e. The zero-order valence-electron chi connectivity index (χ0n) is 47.4. The Morgan fingerprint density at radius 3 is 1.41 bits per heavy atom. The standard InChI is InChI=1S/C28H40N8O2.C14H15ClN6.C14H26N2O2.2CH4/c1-19(2)36-20(3)31-21-18-30-24(17-22(21)36)32-23-7-12-29-25(33-23)34-13-8-28(9-14-34)10-15-35(16-11-28)26(37)38-27(4,5)6;1-8(2)21-9(3)18-10-7-17-13(6-11(10)21)19-12-4-5-16-14(15)20-12;1-13(2,3)18-12(17)16-10-6-14(7-11-16)4-8-15-9-5-14;;/h7,12,17-19H,8-11,13-16H2,1-6H3,(H,29,30,32,33);4-8H,1-3H3,(H,16,17,19,20);15H,4-11H2,1-3H3;2*1H4. The monoisotopic (exact) mass is 1110 g/mol. The summed E-state index contributed by atoms with van der Waals surface area (Å²) < 4.78 is 15.4. The van der Waals surface area contributed by atoms with Crippen molar-refractivity contribution in [1.29, 1.82) is 0 Å². The fourth-order valence-electron chi connectivity index (χ4n) is 11.0. The Hall–Kier alpha value is -6.41. The third-order valence-electron chi connectivity index (χ3n) is 15.0. The summed E-state index contributed by atoms with van der Waals surface area (Å²) >= 11 is 5.78. The van der Waals surface area contributed by atoms with Gasteiger partial charge in [-0.15, -0.1) is 0 Å². The number of pyridine rings is 2. The van der Waals surface area contributed by atoms with E-state index in [4.69, 9.17) is 26.1 Å². The lowest BCUT2D eigenvalue weighted by Crippen LogP contribution is -2.49. The van der Waals surface area contributed by atoms with Crippen LogP contribution in [-0.2, 0) is 9.47 Å². The Morgan fingerprint density at radius 2 is 0.987 bits per heavy atom. The Labute approximate surface area is 473 Å². The lowest BCUT2D eigenvalue weighted by atomic mass is 9.71. The second-order valence-electron chi connectivity index (χ2n) is 23.7. The van der Waals surface area contributed by atoms with Gasteiger partial charge in [0.1, 0.15) is 57.2 Å². The van der Waals surface area contributed by atoms with Gasteiger partial charge in [-0.1, -0.05) is 14.9 Å². The number of rotatable bonds is 7. The number of likely N-dealkylation sites (tertiary alicyclic amines) is 2. The third-order valence-corrected chi connectivity index (χ3v) is 15.2. The largest absolute Gasteiger partial charge is 0.444 e. The van der Waals surface area contributed by atoms with E-state index in [-0.39, 0.29) is 43.3 Å². The highest BCUT2D eigenvalue weighted by molar-refractivity contribution is 6.28. The van der Waals surface area contributed by atoms with Gasteiger partial charge in [0, 0.05) is 75.9 Å². The van der Waals surface area contributed by atoms with Crippen LogP contribution in [-0.4, -0.2) is 135 Å². The molecule has 0 bridgehead atoms. The molecule has 79 heavy (non-hydrogen) atoms. The second kappa shape index (κ2) is 25.8. The lowest BCUT2D eigenvalue weighted by Gasteiger charge is -2.46. The summed E-state index contributed by atoms with van der Waals surface area (Å²) in [7, 11) is 0. The molecule has 0 aliphatic carbocycles. The minimum absolute atomic E-state index is 0. The van der Waals surface area contributed by atoms with Crippen molar-refractivity contribution in [3.05, 3.63) is 66.0 Å². The number of carbonyl (C=O) groups excluding carboxylic acids is 2. The summed E-state index contributed by atoms with van der Waals surface area (Å²) in [6, 6.07) is 8.25. The average molecular weight is 1110 g/mol. The maximum atomic E-state index is 12.5. The van der Waals surface area contributed by atoms with Gasteiger partial charge in [0.25, 0.3) is 0 Å². The first-order chi connectivity index (χ1) is 36.5. The zero-order valence-corrected chi connectivity index (χ0v) is 48.2. The van der Waals surface area contributed by atoms with Crippen molar-refractivity contribution in [2.75, 3.05) is 67.9 Å². The van der Waals surface area contributed by atoms with Gasteiger partial charge in [-0.2, -0.15) is 4.98 Å². The number of anilines is 5. The number of nitrogens with one attached hydrogen (secondary N) is 3. The van der Waals surface area contributed by atoms with Gasteiger partial charge in [-0.3, -0.25) is 0 Å². The van der Waals surface area contributed by atoms with E-state index in [1.54, 1.807) is 24.7 Å². The van der Waals surface area contributed by atoms with Gasteiger partial charge in [0.15, 0.2) is 0 Å². The van der Waals surface area contributed by atoms with Gasteiger partial charge in [0.2, 0.25) is 11.2 Å².